The summed E-state index contributed by atoms with van der Waals surface area (Å²) in [7, 11) is 1.29. The van der Waals surface area contributed by atoms with Gasteiger partial charge in [-0.1, -0.05) is 11.6 Å². The zero-order valence-electron chi connectivity index (χ0n) is 14.4. The topological polar surface area (TPSA) is 84.9 Å². The summed E-state index contributed by atoms with van der Waals surface area (Å²) >= 11 is 9.49. The van der Waals surface area contributed by atoms with Gasteiger partial charge >= 0.3 is 5.97 Å². The molecule has 0 saturated carbocycles. The van der Waals surface area contributed by atoms with E-state index in [2.05, 4.69) is 15.0 Å². The number of nitrogens with one attached hydrogen (secondary N) is 1. The fourth-order valence-corrected chi connectivity index (χ4v) is 4.26. The van der Waals surface area contributed by atoms with Crippen molar-refractivity contribution in [3.05, 3.63) is 67.8 Å². The van der Waals surface area contributed by atoms with E-state index in [0.29, 0.717) is 22.2 Å². The van der Waals surface area contributed by atoms with E-state index in [0.717, 1.165) is 10.6 Å². The molecule has 0 fully saturated rings. The van der Waals surface area contributed by atoms with Gasteiger partial charge in [-0.2, -0.15) is 11.3 Å². The van der Waals surface area contributed by atoms with E-state index in [4.69, 9.17) is 16.3 Å². The SMILES string of the molecule is COC(=O)c1ccc2c(=O)[nH]c(/C(Cl)=C/c3csc(-c4ccsc4)n3)nc2c1. The third-order valence-corrected chi connectivity index (χ3v) is 5.80. The second-order valence-electron chi connectivity index (χ2n) is 5.72. The first-order chi connectivity index (χ1) is 13.5. The van der Waals surface area contributed by atoms with Crippen LogP contribution in [0.4, 0.5) is 0 Å². The van der Waals surface area contributed by atoms with E-state index in [1.807, 2.05) is 22.2 Å². The van der Waals surface area contributed by atoms with Crippen LogP contribution in [0.2, 0.25) is 0 Å². The van der Waals surface area contributed by atoms with Crippen LogP contribution in [0.1, 0.15) is 21.9 Å². The molecule has 140 valence electrons. The van der Waals surface area contributed by atoms with Gasteiger partial charge in [0.25, 0.3) is 5.56 Å². The Labute approximate surface area is 172 Å². The number of rotatable bonds is 4. The number of thiazole rings is 1. The number of methoxy groups -OCH3 is 1. The Morgan fingerprint density at radius 2 is 2.11 bits per heavy atom. The van der Waals surface area contributed by atoms with Crippen molar-refractivity contribution in [3.8, 4) is 10.6 Å². The molecule has 0 saturated heterocycles. The number of ether oxygens (including phenoxy) is 1. The number of nitrogens with zero attached hydrogens (tertiary/aromatic N) is 2. The molecule has 3 heterocycles. The van der Waals surface area contributed by atoms with Crippen molar-refractivity contribution in [2.75, 3.05) is 7.11 Å². The summed E-state index contributed by atoms with van der Waals surface area (Å²) in [6.45, 7) is 0. The van der Waals surface area contributed by atoms with Crippen LogP contribution in [0.5, 0.6) is 0 Å². The Hall–Kier alpha value is -2.81. The molecule has 0 unspecified atom stereocenters. The lowest BCUT2D eigenvalue weighted by molar-refractivity contribution is 0.0601. The molecule has 0 aliphatic heterocycles. The minimum atomic E-state index is -0.504. The van der Waals surface area contributed by atoms with Gasteiger partial charge in [-0.25, -0.2) is 14.8 Å². The highest BCUT2D eigenvalue weighted by molar-refractivity contribution is 7.14. The number of halogens is 1. The van der Waals surface area contributed by atoms with E-state index in [1.165, 1.54) is 36.6 Å². The normalized spacial score (nSPS) is 11.7. The molecule has 3 aromatic heterocycles. The predicted molar refractivity (Wildman–Crippen MR) is 113 cm³/mol. The molecule has 9 heteroatoms. The summed E-state index contributed by atoms with van der Waals surface area (Å²) in [5.41, 5.74) is 2.03. The number of hydrogen-bond acceptors (Lipinski definition) is 7. The number of thiophene rings is 1. The van der Waals surface area contributed by atoms with Crippen molar-refractivity contribution in [1.82, 2.24) is 15.0 Å². The predicted octanol–water partition coefficient (Wildman–Crippen LogP) is 4.63. The van der Waals surface area contributed by atoms with Crippen LogP contribution in [0.25, 0.3) is 32.6 Å². The number of benzene rings is 1. The fraction of sp³-hybridized carbons (Fsp3) is 0.0526. The highest BCUT2D eigenvalue weighted by atomic mass is 35.5. The standard InChI is InChI=1S/C19H12ClN3O3S2/c1-26-19(25)10-2-3-13-15(6-10)22-16(23-17(13)24)14(20)7-12-9-28-18(21-12)11-4-5-27-8-11/h2-9H,1H3,(H,22,23,24)/b14-7-. The van der Waals surface area contributed by atoms with E-state index >= 15 is 0 Å². The van der Waals surface area contributed by atoms with Gasteiger partial charge < -0.3 is 9.72 Å². The van der Waals surface area contributed by atoms with Crippen molar-refractivity contribution in [2.45, 2.75) is 0 Å². The largest absolute Gasteiger partial charge is 0.465 e. The number of aromatic amines is 1. The van der Waals surface area contributed by atoms with E-state index in [1.54, 1.807) is 17.4 Å². The highest BCUT2D eigenvalue weighted by Crippen LogP contribution is 2.28. The molecule has 0 aliphatic carbocycles. The van der Waals surface area contributed by atoms with Crippen LogP contribution in [0, 0.1) is 0 Å². The Balaban J connectivity index is 1.72. The highest BCUT2D eigenvalue weighted by Gasteiger charge is 2.12. The van der Waals surface area contributed by atoms with Crippen LogP contribution < -0.4 is 5.56 Å². The first kappa shape index (κ1) is 18.5. The second-order valence-corrected chi connectivity index (χ2v) is 7.77. The van der Waals surface area contributed by atoms with Crippen molar-refractivity contribution in [1.29, 1.82) is 0 Å². The summed E-state index contributed by atoms with van der Waals surface area (Å²) in [6, 6.07) is 6.55. The molecule has 0 aliphatic rings. The molecule has 1 aromatic carbocycles. The number of carbonyl (C=O) groups is 1. The summed E-state index contributed by atoms with van der Waals surface area (Å²) in [5.74, 6) is -0.304. The summed E-state index contributed by atoms with van der Waals surface area (Å²) in [4.78, 5) is 35.7. The monoisotopic (exact) mass is 429 g/mol. The van der Waals surface area contributed by atoms with Gasteiger partial charge in [0.15, 0.2) is 5.82 Å². The average molecular weight is 430 g/mol. The molecular formula is C19H12ClN3O3S2. The minimum absolute atomic E-state index is 0.200. The van der Waals surface area contributed by atoms with Crippen molar-refractivity contribution in [2.24, 2.45) is 0 Å². The smallest absolute Gasteiger partial charge is 0.337 e. The van der Waals surface area contributed by atoms with Crippen LogP contribution in [0.3, 0.4) is 0 Å². The zero-order valence-corrected chi connectivity index (χ0v) is 16.8. The van der Waals surface area contributed by atoms with Gasteiger partial charge in [0.05, 0.1) is 34.3 Å². The Morgan fingerprint density at radius 3 is 2.86 bits per heavy atom. The minimum Gasteiger partial charge on any atom is -0.465 e. The molecular weight excluding hydrogens is 418 g/mol. The summed E-state index contributed by atoms with van der Waals surface area (Å²) in [5, 5.41) is 7.38. The number of esters is 1. The van der Waals surface area contributed by atoms with Crippen LogP contribution in [0.15, 0.2) is 45.2 Å². The lowest BCUT2D eigenvalue weighted by Gasteiger charge is -2.04. The molecule has 6 nitrogen and oxygen atoms in total. The van der Waals surface area contributed by atoms with Crippen molar-refractivity contribution < 1.29 is 9.53 Å². The molecule has 1 N–H and O–H groups in total. The van der Waals surface area contributed by atoms with Crippen molar-refractivity contribution in [3.63, 3.8) is 0 Å². The van der Waals surface area contributed by atoms with Gasteiger partial charge in [0.1, 0.15) is 5.01 Å². The number of fused-ring (bicyclic) bond motifs is 1. The quantitative estimate of drug-likeness (QED) is 0.478. The maximum Gasteiger partial charge on any atom is 0.337 e. The molecule has 0 atom stereocenters. The maximum absolute atomic E-state index is 12.4. The molecule has 0 bridgehead atoms. The molecule has 4 rings (SSSR count). The zero-order chi connectivity index (χ0) is 19.7. The van der Waals surface area contributed by atoms with Gasteiger partial charge in [0, 0.05) is 16.3 Å². The van der Waals surface area contributed by atoms with E-state index < -0.39 is 5.97 Å². The fourth-order valence-electron chi connectivity index (χ4n) is 2.57. The first-order valence-electron chi connectivity index (χ1n) is 8.03. The molecule has 4 aromatic rings. The lowest BCUT2D eigenvalue weighted by atomic mass is 10.1. The van der Waals surface area contributed by atoms with Gasteiger partial charge in [-0.05, 0) is 35.7 Å². The van der Waals surface area contributed by atoms with E-state index in [9.17, 15) is 9.59 Å². The average Bonchev–Trinajstić information content (AvgIpc) is 3.38. The Bertz CT molecular complexity index is 1260. The molecule has 0 spiro atoms. The number of aromatic nitrogens is 3. The van der Waals surface area contributed by atoms with Crippen LogP contribution in [-0.4, -0.2) is 28.0 Å². The van der Waals surface area contributed by atoms with Crippen molar-refractivity contribution >= 4 is 62.3 Å². The first-order valence-corrected chi connectivity index (χ1v) is 10.2. The summed E-state index contributed by atoms with van der Waals surface area (Å²) in [6.07, 6.45) is 1.64. The van der Waals surface area contributed by atoms with Gasteiger partial charge in [-0.3, -0.25) is 4.79 Å². The van der Waals surface area contributed by atoms with Crippen LogP contribution in [-0.2, 0) is 4.74 Å². The third-order valence-electron chi connectivity index (χ3n) is 3.92. The summed E-state index contributed by atoms with van der Waals surface area (Å²) < 4.78 is 4.71. The third kappa shape index (κ3) is 3.62. The molecule has 0 amide bonds. The Kier molecular flexibility index (Phi) is 5.08. The van der Waals surface area contributed by atoms with Gasteiger partial charge in [-0.15, -0.1) is 11.3 Å². The molecule has 0 radical (unpaired) electrons. The number of carbonyl (C=O) groups excluding carboxylic acids is 1. The van der Waals surface area contributed by atoms with E-state index in [-0.39, 0.29) is 16.4 Å². The van der Waals surface area contributed by atoms with Crippen LogP contribution >= 0.6 is 34.3 Å². The molecule has 28 heavy (non-hydrogen) atoms. The Morgan fingerprint density at radius 1 is 1.25 bits per heavy atom. The number of H-pyrrole nitrogens is 1. The lowest BCUT2D eigenvalue weighted by Crippen LogP contribution is -2.11. The number of hydrogen-bond donors (Lipinski definition) is 1. The second kappa shape index (κ2) is 7.67. The van der Waals surface area contributed by atoms with Gasteiger partial charge in [0.2, 0.25) is 0 Å². The maximum atomic E-state index is 12.4.